The van der Waals surface area contributed by atoms with Gasteiger partial charge in [-0.2, -0.15) is 0 Å². The number of aliphatic hydroxyl groups is 1. The molecular weight excluding hydrogens is 308 g/mol. The Balaban J connectivity index is 2.32. The van der Waals surface area contributed by atoms with Gasteiger partial charge in [0.05, 0.1) is 23.4 Å². The molecule has 23 heavy (non-hydrogen) atoms. The number of aryl methyl sites for hydroxylation is 1. The van der Waals surface area contributed by atoms with Crippen LogP contribution in [0.1, 0.15) is 34.9 Å². The molecule has 0 aliphatic rings. The van der Waals surface area contributed by atoms with Crippen LogP contribution in [0.5, 0.6) is 0 Å². The molecule has 0 saturated carbocycles. The predicted molar refractivity (Wildman–Crippen MR) is 94.7 cm³/mol. The fraction of sp³-hybridized carbons (Fsp3) is 0.444. The van der Waals surface area contributed by atoms with Crippen LogP contribution in [0.2, 0.25) is 0 Å². The maximum atomic E-state index is 12.9. The van der Waals surface area contributed by atoms with E-state index in [-0.39, 0.29) is 18.6 Å². The van der Waals surface area contributed by atoms with Crippen molar-refractivity contribution < 1.29 is 9.90 Å². The fourth-order valence-electron chi connectivity index (χ4n) is 2.59. The smallest absolute Gasteiger partial charge is 0.266 e. The Bertz CT molecular complexity index is 652. The molecule has 0 bridgehead atoms. The molecule has 2 rings (SSSR count). The Labute approximate surface area is 141 Å². The molecule has 124 valence electrons. The van der Waals surface area contributed by atoms with Crippen LogP contribution in [0.4, 0.5) is 0 Å². The minimum Gasteiger partial charge on any atom is -0.394 e. The molecule has 0 aliphatic carbocycles. The number of thiazole rings is 1. The summed E-state index contributed by atoms with van der Waals surface area (Å²) in [5.74, 6) is 0.341. The SMILES string of the molecule is Cc1nc(-c2ccccc2)c(C(=O)N(C)C(CO)CC(C)C)s1. The van der Waals surface area contributed by atoms with Crippen molar-refractivity contribution in [2.45, 2.75) is 33.2 Å². The summed E-state index contributed by atoms with van der Waals surface area (Å²) in [6.45, 7) is 6.06. The largest absolute Gasteiger partial charge is 0.394 e. The third-order valence-corrected chi connectivity index (χ3v) is 4.76. The summed E-state index contributed by atoms with van der Waals surface area (Å²) in [5.41, 5.74) is 1.67. The van der Waals surface area contributed by atoms with Gasteiger partial charge >= 0.3 is 0 Å². The van der Waals surface area contributed by atoms with E-state index in [4.69, 9.17) is 0 Å². The zero-order chi connectivity index (χ0) is 17.0. The van der Waals surface area contributed by atoms with E-state index in [2.05, 4.69) is 18.8 Å². The number of hydrogen-bond acceptors (Lipinski definition) is 4. The van der Waals surface area contributed by atoms with Crippen LogP contribution in [0.3, 0.4) is 0 Å². The van der Waals surface area contributed by atoms with E-state index in [0.717, 1.165) is 22.7 Å². The third kappa shape index (κ3) is 4.18. The highest BCUT2D eigenvalue weighted by atomic mass is 32.1. The highest BCUT2D eigenvalue weighted by Crippen LogP contribution is 2.29. The van der Waals surface area contributed by atoms with E-state index < -0.39 is 0 Å². The minimum atomic E-state index is -0.173. The number of aliphatic hydroxyl groups excluding tert-OH is 1. The molecule has 0 radical (unpaired) electrons. The van der Waals surface area contributed by atoms with Crippen molar-refractivity contribution in [3.63, 3.8) is 0 Å². The number of likely N-dealkylation sites (N-methyl/N-ethyl adjacent to an activating group) is 1. The Morgan fingerprint density at radius 2 is 1.96 bits per heavy atom. The summed E-state index contributed by atoms with van der Waals surface area (Å²) in [7, 11) is 1.76. The van der Waals surface area contributed by atoms with E-state index in [9.17, 15) is 9.90 Å². The van der Waals surface area contributed by atoms with Crippen LogP contribution in [-0.4, -0.2) is 40.6 Å². The molecule has 1 aromatic carbocycles. The second-order valence-electron chi connectivity index (χ2n) is 6.16. The first-order chi connectivity index (χ1) is 10.9. The van der Waals surface area contributed by atoms with Crippen molar-refractivity contribution in [1.82, 2.24) is 9.88 Å². The van der Waals surface area contributed by atoms with Crippen molar-refractivity contribution >= 4 is 17.2 Å². The van der Waals surface area contributed by atoms with Gasteiger partial charge in [-0.1, -0.05) is 44.2 Å². The summed E-state index contributed by atoms with van der Waals surface area (Å²) < 4.78 is 0. The molecule has 1 unspecified atom stereocenters. The van der Waals surface area contributed by atoms with Gasteiger partial charge in [0.15, 0.2) is 0 Å². The molecule has 1 aromatic heterocycles. The van der Waals surface area contributed by atoms with Crippen molar-refractivity contribution in [3.05, 3.63) is 40.2 Å². The summed E-state index contributed by atoms with van der Waals surface area (Å²) in [4.78, 5) is 19.7. The van der Waals surface area contributed by atoms with E-state index in [1.165, 1.54) is 11.3 Å². The van der Waals surface area contributed by atoms with Crippen molar-refractivity contribution in [1.29, 1.82) is 0 Å². The Morgan fingerprint density at radius 1 is 1.30 bits per heavy atom. The molecule has 1 amide bonds. The number of aromatic nitrogens is 1. The number of benzene rings is 1. The summed E-state index contributed by atoms with van der Waals surface area (Å²) in [6, 6.07) is 9.58. The lowest BCUT2D eigenvalue weighted by Crippen LogP contribution is -2.40. The van der Waals surface area contributed by atoms with E-state index >= 15 is 0 Å². The molecule has 0 spiro atoms. The Hall–Kier alpha value is -1.72. The van der Waals surface area contributed by atoms with Gasteiger partial charge < -0.3 is 10.0 Å². The first-order valence-electron chi connectivity index (χ1n) is 7.84. The average molecular weight is 332 g/mol. The zero-order valence-corrected chi connectivity index (χ0v) is 14.9. The normalized spacial score (nSPS) is 12.4. The summed E-state index contributed by atoms with van der Waals surface area (Å²) >= 11 is 1.41. The number of hydrogen-bond donors (Lipinski definition) is 1. The van der Waals surface area contributed by atoms with Crippen molar-refractivity contribution in [3.8, 4) is 11.3 Å². The maximum absolute atomic E-state index is 12.9. The second-order valence-corrected chi connectivity index (χ2v) is 7.36. The third-order valence-electron chi connectivity index (χ3n) is 3.80. The van der Waals surface area contributed by atoms with Crippen molar-refractivity contribution in [2.24, 2.45) is 5.92 Å². The van der Waals surface area contributed by atoms with E-state index in [0.29, 0.717) is 10.8 Å². The van der Waals surface area contributed by atoms with Gasteiger partial charge in [-0.3, -0.25) is 4.79 Å². The molecule has 0 fully saturated rings. The van der Waals surface area contributed by atoms with Crippen molar-refractivity contribution in [2.75, 3.05) is 13.7 Å². The Morgan fingerprint density at radius 3 is 2.52 bits per heavy atom. The molecule has 1 atom stereocenters. The van der Waals surface area contributed by atoms with Crippen LogP contribution < -0.4 is 0 Å². The van der Waals surface area contributed by atoms with Gasteiger partial charge in [0.2, 0.25) is 0 Å². The lowest BCUT2D eigenvalue weighted by Gasteiger charge is -2.27. The predicted octanol–water partition coefficient (Wildman–Crippen LogP) is 3.60. The number of carbonyl (C=O) groups excluding carboxylic acids is 1. The maximum Gasteiger partial charge on any atom is 0.266 e. The van der Waals surface area contributed by atoms with Crippen LogP contribution in [0, 0.1) is 12.8 Å². The molecule has 1 N–H and O–H groups in total. The van der Waals surface area contributed by atoms with Crippen LogP contribution >= 0.6 is 11.3 Å². The molecule has 0 aliphatic heterocycles. The van der Waals surface area contributed by atoms with E-state index in [1.807, 2.05) is 37.3 Å². The number of rotatable bonds is 6. The molecular formula is C18H24N2O2S. The number of nitrogens with zero attached hydrogens (tertiary/aromatic N) is 2. The van der Waals surface area contributed by atoms with Gasteiger partial charge in [0.25, 0.3) is 5.91 Å². The average Bonchev–Trinajstić information content (AvgIpc) is 2.93. The van der Waals surface area contributed by atoms with E-state index in [1.54, 1.807) is 11.9 Å². The zero-order valence-electron chi connectivity index (χ0n) is 14.1. The summed E-state index contributed by atoms with van der Waals surface area (Å²) in [5, 5.41) is 10.5. The summed E-state index contributed by atoms with van der Waals surface area (Å²) in [6.07, 6.45) is 0.775. The standard InChI is InChI=1S/C18H24N2O2S/c1-12(2)10-15(11-21)20(4)18(22)17-16(19-13(3)23-17)14-8-6-5-7-9-14/h5-9,12,15,21H,10-11H2,1-4H3. The van der Waals surface area contributed by atoms with Gasteiger partial charge in [0, 0.05) is 12.6 Å². The second kappa shape index (κ2) is 7.70. The monoisotopic (exact) mass is 332 g/mol. The first kappa shape index (κ1) is 17.6. The minimum absolute atomic E-state index is 0.0289. The Kier molecular flexibility index (Phi) is 5.91. The highest BCUT2D eigenvalue weighted by molar-refractivity contribution is 7.14. The van der Waals surface area contributed by atoms with Gasteiger partial charge in [-0.05, 0) is 19.3 Å². The van der Waals surface area contributed by atoms with Gasteiger partial charge in [0.1, 0.15) is 4.88 Å². The fourth-order valence-corrected chi connectivity index (χ4v) is 3.51. The van der Waals surface area contributed by atoms with Crippen LogP contribution in [-0.2, 0) is 0 Å². The van der Waals surface area contributed by atoms with Crippen LogP contribution in [0.25, 0.3) is 11.3 Å². The molecule has 1 heterocycles. The van der Waals surface area contributed by atoms with Gasteiger partial charge in [-0.25, -0.2) is 4.98 Å². The van der Waals surface area contributed by atoms with Crippen LogP contribution in [0.15, 0.2) is 30.3 Å². The van der Waals surface area contributed by atoms with Gasteiger partial charge in [-0.15, -0.1) is 11.3 Å². The highest BCUT2D eigenvalue weighted by Gasteiger charge is 2.26. The molecule has 5 heteroatoms. The number of carbonyl (C=O) groups is 1. The number of amides is 1. The first-order valence-corrected chi connectivity index (χ1v) is 8.66. The molecule has 4 nitrogen and oxygen atoms in total. The quantitative estimate of drug-likeness (QED) is 0.879. The molecule has 2 aromatic rings. The lowest BCUT2D eigenvalue weighted by atomic mass is 10.0. The lowest BCUT2D eigenvalue weighted by molar-refractivity contribution is 0.0635. The topological polar surface area (TPSA) is 53.4 Å². The molecule has 0 saturated heterocycles.